The minimum absolute atomic E-state index is 0.127. The monoisotopic (exact) mass is 467 g/mol. The fourth-order valence-electron chi connectivity index (χ4n) is 3.06. The van der Waals surface area contributed by atoms with Crippen LogP contribution in [0.15, 0.2) is 48.8 Å². The Labute approximate surface area is 192 Å². The highest BCUT2D eigenvalue weighted by Gasteiger charge is 2.16. The van der Waals surface area contributed by atoms with Gasteiger partial charge in [-0.25, -0.2) is 9.78 Å². The SMILES string of the molecule is N#Cc1ccc(CCCOc2nc(-c3ccc(Cl)cc3Cl)cc3nc(C(=O)O)cn23)nc1. The number of halogens is 2. The van der Waals surface area contributed by atoms with Crippen molar-refractivity contribution in [2.75, 3.05) is 6.61 Å². The van der Waals surface area contributed by atoms with E-state index in [0.717, 1.165) is 5.69 Å². The zero-order chi connectivity index (χ0) is 22.7. The molecular formula is C22H15Cl2N5O3. The van der Waals surface area contributed by atoms with Gasteiger partial charge in [-0.3, -0.25) is 9.38 Å². The van der Waals surface area contributed by atoms with E-state index in [1.165, 1.54) is 16.8 Å². The summed E-state index contributed by atoms with van der Waals surface area (Å²) in [6.45, 7) is 0.308. The van der Waals surface area contributed by atoms with E-state index in [2.05, 4.69) is 15.0 Å². The molecule has 4 rings (SSSR count). The summed E-state index contributed by atoms with van der Waals surface area (Å²) in [5.74, 6) is -1.15. The van der Waals surface area contributed by atoms with Crippen molar-refractivity contribution in [2.45, 2.75) is 12.8 Å². The fraction of sp³-hybridized carbons (Fsp3) is 0.136. The number of aromatic carboxylic acids is 1. The van der Waals surface area contributed by atoms with Gasteiger partial charge in [0.1, 0.15) is 11.7 Å². The van der Waals surface area contributed by atoms with Crippen LogP contribution in [0.5, 0.6) is 6.01 Å². The molecule has 0 aliphatic rings. The Kier molecular flexibility index (Phi) is 6.21. The number of benzene rings is 1. The maximum Gasteiger partial charge on any atom is 0.356 e. The number of hydrogen-bond donors (Lipinski definition) is 1. The minimum atomic E-state index is -1.15. The average Bonchev–Trinajstić information content (AvgIpc) is 3.22. The normalized spacial score (nSPS) is 10.8. The number of nitriles is 1. The molecule has 0 saturated carbocycles. The van der Waals surface area contributed by atoms with Crippen molar-refractivity contribution in [3.05, 3.63) is 75.8 Å². The summed E-state index contributed by atoms with van der Waals surface area (Å²) < 4.78 is 7.36. The number of imidazole rings is 1. The van der Waals surface area contributed by atoms with Crippen LogP contribution >= 0.6 is 23.2 Å². The molecule has 3 aromatic heterocycles. The molecule has 8 nitrogen and oxygen atoms in total. The van der Waals surface area contributed by atoms with Crippen LogP contribution in [0.2, 0.25) is 10.0 Å². The summed E-state index contributed by atoms with van der Waals surface area (Å²) in [6.07, 6.45) is 4.16. The van der Waals surface area contributed by atoms with Gasteiger partial charge in [-0.1, -0.05) is 23.2 Å². The van der Waals surface area contributed by atoms with Gasteiger partial charge in [-0.15, -0.1) is 0 Å². The van der Waals surface area contributed by atoms with Gasteiger partial charge in [0.25, 0.3) is 0 Å². The molecule has 32 heavy (non-hydrogen) atoms. The van der Waals surface area contributed by atoms with Crippen LogP contribution in [-0.2, 0) is 6.42 Å². The maximum absolute atomic E-state index is 11.4. The van der Waals surface area contributed by atoms with Crippen molar-refractivity contribution >= 4 is 34.8 Å². The summed E-state index contributed by atoms with van der Waals surface area (Å²) in [5.41, 5.74) is 2.67. The highest BCUT2D eigenvalue weighted by atomic mass is 35.5. The van der Waals surface area contributed by atoms with E-state index in [-0.39, 0.29) is 11.7 Å². The lowest BCUT2D eigenvalue weighted by Crippen LogP contribution is -2.06. The summed E-state index contributed by atoms with van der Waals surface area (Å²) >= 11 is 12.3. The molecule has 4 aromatic rings. The molecule has 0 radical (unpaired) electrons. The van der Waals surface area contributed by atoms with Crippen LogP contribution in [-0.4, -0.2) is 37.0 Å². The predicted octanol–water partition coefficient (Wildman–Crippen LogP) is 4.68. The Balaban J connectivity index is 1.59. The van der Waals surface area contributed by atoms with E-state index in [1.807, 2.05) is 6.07 Å². The molecule has 1 aromatic carbocycles. The Hall–Kier alpha value is -3.67. The van der Waals surface area contributed by atoms with Crippen LogP contribution in [0.4, 0.5) is 0 Å². The minimum Gasteiger partial charge on any atom is -0.476 e. The molecule has 0 spiro atoms. The van der Waals surface area contributed by atoms with E-state index < -0.39 is 5.97 Å². The summed E-state index contributed by atoms with van der Waals surface area (Å²) in [5, 5.41) is 19.1. The Morgan fingerprint density at radius 3 is 2.72 bits per heavy atom. The first-order chi connectivity index (χ1) is 15.4. The van der Waals surface area contributed by atoms with Crippen molar-refractivity contribution in [1.82, 2.24) is 19.4 Å². The number of carboxylic acid groups (broad SMARTS) is 1. The zero-order valence-electron chi connectivity index (χ0n) is 16.5. The van der Waals surface area contributed by atoms with Crippen LogP contribution in [0, 0.1) is 11.3 Å². The summed E-state index contributed by atoms with van der Waals surface area (Å²) in [4.78, 5) is 24.3. The quantitative estimate of drug-likeness (QED) is 0.392. The van der Waals surface area contributed by atoms with Gasteiger partial charge in [0, 0.05) is 34.7 Å². The first-order valence-corrected chi connectivity index (χ1v) is 10.3. The van der Waals surface area contributed by atoms with Gasteiger partial charge >= 0.3 is 12.0 Å². The molecular weight excluding hydrogens is 453 g/mol. The second kappa shape index (κ2) is 9.22. The van der Waals surface area contributed by atoms with Crippen molar-refractivity contribution in [1.29, 1.82) is 5.26 Å². The highest BCUT2D eigenvalue weighted by Crippen LogP contribution is 2.31. The number of ether oxygens (including phenoxy) is 1. The van der Waals surface area contributed by atoms with Gasteiger partial charge in [0.05, 0.1) is 22.9 Å². The van der Waals surface area contributed by atoms with E-state index in [0.29, 0.717) is 52.0 Å². The highest BCUT2D eigenvalue weighted by molar-refractivity contribution is 6.36. The van der Waals surface area contributed by atoms with Crippen molar-refractivity contribution in [3.63, 3.8) is 0 Å². The average molecular weight is 468 g/mol. The molecule has 0 saturated heterocycles. The fourth-order valence-corrected chi connectivity index (χ4v) is 3.56. The number of hydrogen-bond acceptors (Lipinski definition) is 6. The van der Waals surface area contributed by atoms with Crippen LogP contribution in [0.25, 0.3) is 16.9 Å². The third kappa shape index (κ3) is 4.64. The molecule has 0 atom stereocenters. The number of aromatic nitrogens is 4. The number of rotatable bonds is 7. The van der Waals surface area contributed by atoms with Crippen molar-refractivity contribution in [2.24, 2.45) is 0 Å². The summed E-state index contributed by atoms with van der Waals surface area (Å²) in [7, 11) is 0. The van der Waals surface area contributed by atoms with E-state index >= 15 is 0 Å². The largest absolute Gasteiger partial charge is 0.476 e. The second-order valence-corrected chi connectivity index (χ2v) is 7.65. The van der Waals surface area contributed by atoms with E-state index in [4.69, 9.17) is 33.2 Å². The molecule has 0 bridgehead atoms. The molecule has 10 heteroatoms. The van der Waals surface area contributed by atoms with Crippen LogP contribution in [0.3, 0.4) is 0 Å². The molecule has 3 heterocycles. The lowest BCUT2D eigenvalue weighted by atomic mass is 10.1. The first kappa shape index (κ1) is 21.6. The standard InChI is InChI=1S/C22H15Cl2N5O3/c23-14-4-6-16(17(24)8-14)18-9-20-27-19(21(30)31)12-29(20)22(28-18)32-7-1-2-15-5-3-13(10-25)11-26-15/h3-6,8-9,11-12H,1-2,7H2,(H,30,31). The van der Waals surface area contributed by atoms with E-state index in [1.54, 1.807) is 36.4 Å². The number of fused-ring (bicyclic) bond motifs is 1. The third-order valence-electron chi connectivity index (χ3n) is 4.61. The Bertz CT molecular complexity index is 1350. The molecule has 0 fully saturated rings. The second-order valence-electron chi connectivity index (χ2n) is 6.81. The van der Waals surface area contributed by atoms with Crippen molar-refractivity contribution < 1.29 is 14.6 Å². The molecule has 0 unspecified atom stereocenters. The van der Waals surface area contributed by atoms with Gasteiger partial charge in [0.15, 0.2) is 5.69 Å². The molecule has 0 aliphatic heterocycles. The summed E-state index contributed by atoms with van der Waals surface area (Å²) in [6, 6.07) is 12.4. The zero-order valence-corrected chi connectivity index (χ0v) is 18.0. The lowest BCUT2D eigenvalue weighted by molar-refractivity contribution is 0.0691. The number of nitrogens with zero attached hydrogens (tertiary/aromatic N) is 5. The number of pyridine rings is 1. The lowest BCUT2D eigenvalue weighted by Gasteiger charge is -2.11. The Morgan fingerprint density at radius 1 is 1.19 bits per heavy atom. The molecule has 0 amide bonds. The third-order valence-corrected chi connectivity index (χ3v) is 5.16. The van der Waals surface area contributed by atoms with Gasteiger partial charge in [0.2, 0.25) is 0 Å². The van der Waals surface area contributed by atoms with Gasteiger partial charge in [-0.05, 0) is 43.2 Å². The van der Waals surface area contributed by atoms with Crippen molar-refractivity contribution in [3.8, 4) is 23.3 Å². The first-order valence-electron chi connectivity index (χ1n) is 9.51. The number of carbonyl (C=O) groups is 1. The molecule has 160 valence electrons. The Morgan fingerprint density at radius 2 is 2.03 bits per heavy atom. The topological polar surface area (TPSA) is 113 Å². The van der Waals surface area contributed by atoms with Gasteiger partial charge < -0.3 is 9.84 Å². The molecule has 0 aliphatic carbocycles. The van der Waals surface area contributed by atoms with Gasteiger partial charge in [-0.2, -0.15) is 10.2 Å². The molecule has 1 N–H and O–H groups in total. The van der Waals surface area contributed by atoms with Crippen LogP contribution < -0.4 is 4.74 Å². The smallest absolute Gasteiger partial charge is 0.356 e. The maximum atomic E-state index is 11.4. The van der Waals surface area contributed by atoms with E-state index in [9.17, 15) is 9.90 Å². The van der Waals surface area contributed by atoms with Crippen LogP contribution in [0.1, 0.15) is 28.2 Å². The number of carboxylic acids is 1. The number of aryl methyl sites for hydroxylation is 1. The predicted molar refractivity (Wildman–Crippen MR) is 118 cm³/mol.